The van der Waals surface area contributed by atoms with Crippen LogP contribution in [0.15, 0.2) is 24.3 Å². The lowest BCUT2D eigenvalue weighted by Crippen LogP contribution is -2.34. The third-order valence-electron chi connectivity index (χ3n) is 3.06. The van der Waals surface area contributed by atoms with Gasteiger partial charge in [-0.25, -0.2) is 0 Å². The van der Waals surface area contributed by atoms with E-state index in [0.29, 0.717) is 11.3 Å². The van der Waals surface area contributed by atoms with Crippen LogP contribution >= 0.6 is 0 Å². The molecule has 0 aromatic heterocycles. The molecule has 1 aromatic carbocycles. The van der Waals surface area contributed by atoms with Crippen molar-refractivity contribution in [1.29, 1.82) is 0 Å². The van der Waals surface area contributed by atoms with E-state index in [0.717, 1.165) is 32.6 Å². The van der Waals surface area contributed by atoms with Gasteiger partial charge in [-0.1, -0.05) is 6.07 Å². The molecule has 2 amide bonds. The fraction of sp³-hybridized carbons (Fsp3) is 0.429. The van der Waals surface area contributed by atoms with E-state index in [-0.39, 0.29) is 11.8 Å². The van der Waals surface area contributed by atoms with Crippen LogP contribution in [0.2, 0.25) is 0 Å². The summed E-state index contributed by atoms with van der Waals surface area (Å²) < 4.78 is 0. The zero-order valence-electron chi connectivity index (χ0n) is 11.1. The summed E-state index contributed by atoms with van der Waals surface area (Å²) in [6.07, 6.45) is 0.969. The van der Waals surface area contributed by atoms with Gasteiger partial charge in [0.1, 0.15) is 0 Å². The predicted molar refractivity (Wildman–Crippen MR) is 74.1 cm³/mol. The molecule has 1 heterocycles. The standard InChI is InChI=1S/C14H19N3O2/c1-11(18)16-13-5-2-4-12(10-13)14(19)17-8-3-6-15-7-9-17/h2,4-5,10,15H,3,6-9H2,1H3,(H,16,18). The van der Waals surface area contributed by atoms with Gasteiger partial charge >= 0.3 is 0 Å². The molecule has 19 heavy (non-hydrogen) atoms. The minimum atomic E-state index is -0.136. The molecule has 2 N–H and O–H groups in total. The third kappa shape index (κ3) is 3.79. The highest BCUT2D eigenvalue weighted by Crippen LogP contribution is 2.13. The van der Waals surface area contributed by atoms with Crippen LogP contribution in [0.5, 0.6) is 0 Å². The number of hydrogen-bond donors (Lipinski definition) is 2. The van der Waals surface area contributed by atoms with E-state index in [1.165, 1.54) is 6.92 Å². The Morgan fingerprint density at radius 1 is 1.26 bits per heavy atom. The van der Waals surface area contributed by atoms with Gasteiger partial charge in [0, 0.05) is 37.8 Å². The Bertz CT molecular complexity index is 466. The number of nitrogens with zero attached hydrogens (tertiary/aromatic N) is 1. The number of amides is 2. The topological polar surface area (TPSA) is 61.4 Å². The Hall–Kier alpha value is -1.88. The van der Waals surface area contributed by atoms with Gasteiger partial charge < -0.3 is 15.5 Å². The molecule has 5 heteroatoms. The summed E-state index contributed by atoms with van der Waals surface area (Å²) in [5, 5.41) is 5.96. The van der Waals surface area contributed by atoms with Gasteiger partial charge in [0.25, 0.3) is 5.91 Å². The van der Waals surface area contributed by atoms with Crippen LogP contribution in [-0.2, 0) is 4.79 Å². The van der Waals surface area contributed by atoms with Gasteiger partial charge in [0.2, 0.25) is 5.91 Å². The highest BCUT2D eigenvalue weighted by molar-refractivity contribution is 5.96. The van der Waals surface area contributed by atoms with E-state index in [1.807, 2.05) is 4.90 Å². The van der Waals surface area contributed by atoms with Gasteiger partial charge in [0.15, 0.2) is 0 Å². The van der Waals surface area contributed by atoms with Crippen LogP contribution in [-0.4, -0.2) is 42.9 Å². The Morgan fingerprint density at radius 2 is 2.11 bits per heavy atom. The Morgan fingerprint density at radius 3 is 2.89 bits per heavy atom. The number of anilines is 1. The maximum absolute atomic E-state index is 12.4. The van der Waals surface area contributed by atoms with Crippen LogP contribution in [0.4, 0.5) is 5.69 Å². The first-order valence-electron chi connectivity index (χ1n) is 6.54. The van der Waals surface area contributed by atoms with Gasteiger partial charge in [-0.05, 0) is 31.2 Å². The third-order valence-corrected chi connectivity index (χ3v) is 3.06. The lowest BCUT2D eigenvalue weighted by Gasteiger charge is -2.20. The fourth-order valence-corrected chi connectivity index (χ4v) is 2.16. The molecule has 1 aliphatic rings. The molecule has 1 saturated heterocycles. The Kier molecular flexibility index (Phi) is 4.52. The van der Waals surface area contributed by atoms with Crippen molar-refractivity contribution in [2.75, 3.05) is 31.5 Å². The zero-order chi connectivity index (χ0) is 13.7. The highest BCUT2D eigenvalue weighted by Gasteiger charge is 2.17. The van der Waals surface area contributed by atoms with Crippen molar-refractivity contribution < 1.29 is 9.59 Å². The van der Waals surface area contributed by atoms with E-state index in [2.05, 4.69) is 10.6 Å². The monoisotopic (exact) mass is 261 g/mol. The molecule has 0 bridgehead atoms. The normalized spacial score (nSPS) is 15.7. The zero-order valence-corrected chi connectivity index (χ0v) is 11.1. The van der Waals surface area contributed by atoms with Crippen molar-refractivity contribution in [2.45, 2.75) is 13.3 Å². The summed E-state index contributed by atoms with van der Waals surface area (Å²) in [5.74, 6) is -0.112. The molecular weight excluding hydrogens is 242 g/mol. The van der Waals surface area contributed by atoms with Crippen molar-refractivity contribution >= 4 is 17.5 Å². The van der Waals surface area contributed by atoms with E-state index in [9.17, 15) is 9.59 Å². The summed E-state index contributed by atoms with van der Waals surface area (Å²) in [4.78, 5) is 25.3. The van der Waals surface area contributed by atoms with Gasteiger partial charge in [-0.2, -0.15) is 0 Å². The lowest BCUT2D eigenvalue weighted by atomic mass is 10.1. The first-order valence-corrected chi connectivity index (χ1v) is 6.54. The van der Waals surface area contributed by atoms with Gasteiger partial charge in [-0.3, -0.25) is 9.59 Å². The number of benzene rings is 1. The molecule has 0 saturated carbocycles. The molecule has 1 aromatic rings. The van der Waals surface area contributed by atoms with Crippen LogP contribution < -0.4 is 10.6 Å². The second kappa shape index (κ2) is 6.33. The number of nitrogens with one attached hydrogen (secondary N) is 2. The number of carbonyl (C=O) groups excluding carboxylic acids is 2. The molecule has 0 atom stereocenters. The predicted octanol–water partition coefficient (Wildman–Crippen LogP) is 1.08. The first kappa shape index (κ1) is 13.5. The van der Waals surface area contributed by atoms with Crippen molar-refractivity contribution in [3.05, 3.63) is 29.8 Å². The minimum absolute atomic E-state index is 0.0240. The smallest absolute Gasteiger partial charge is 0.253 e. The number of carbonyl (C=O) groups is 2. The van der Waals surface area contributed by atoms with Crippen molar-refractivity contribution in [1.82, 2.24) is 10.2 Å². The second-order valence-corrected chi connectivity index (χ2v) is 4.66. The van der Waals surface area contributed by atoms with E-state index in [1.54, 1.807) is 24.3 Å². The van der Waals surface area contributed by atoms with Gasteiger partial charge in [-0.15, -0.1) is 0 Å². The Balaban J connectivity index is 2.11. The van der Waals surface area contributed by atoms with E-state index >= 15 is 0 Å². The Labute approximate surface area is 113 Å². The number of rotatable bonds is 2. The molecule has 0 spiro atoms. The fourth-order valence-electron chi connectivity index (χ4n) is 2.16. The van der Waals surface area contributed by atoms with Gasteiger partial charge in [0.05, 0.1) is 0 Å². The van der Waals surface area contributed by atoms with Crippen LogP contribution in [0.25, 0.3) is 0 Å². The molecule has 1 fully saturated rings. The lowest BCUT2D eigenvalue weighted by molar-refractivity contribution is -0.114. The largest absolute Gasteiger partial charge is 0.337 e. The average Bonchev–Trinajstić information content (AvgIpc) is 2.66. The van der Waals surface area contributed by atoms with Crippen molar-refractivity contribution in [3.8, 4) is 0 Å². The quantitative estimate of drug-likeness (QED) is 0.837. The second-order valence-electron chi connectivity index (χ2n) is 4.66. The molecule has 102 valence electrons. The first-order chi connectivity index (χ1) is 9.16. The summed E-state index contributed by atoms with van der Waals surface area (Å²) in [6.45, 7) is 4.74. The maximum atomic E-state index is 12.4. The summed E-state index contributed by atoms with van der Waals surface area (Å²) >= 11 is 0. The summed E-state index contributed by atoms with van der Waals surface area (Å²) in [7, 11) is 0. The molecule has 0 unspecified atom stereocenters. The van der Waals surface area contributed by atoms with Crippen molar-refractivity contribution in [3.63, 3.8) is 0 Å². The minimum Gasteiger partial charge on any atom is -0.337 e. The van der Waals surface area contributed by atoms with Crippen LogP contribution in [0, 0.1) is 0 Å². The molecule has 1 aliphatic heterocycles. The molecular formula is C14H19N3O2. The highest BCUT2D eigenvalue weighted by atomic mass is 16.2. The SMILES string of the molecule is CC(=O)Nc1cccc(C(=O)N2CCCNCC2)c1. The molecule has 0 aliphatic carbocycles. The molecule has 2 rings (SSSR count). The summed E-state index contributed by atoms with van der Waals surface area (Å²) in [6, 6.07) is 7.07. The summed E-state index contributed by atoms with van der Waals surface area (Å²) in [5.41, 5.74) is 1.28. The van der Waals surface area contributed by atoms with E-state index < -0.39 is 0 Å². The van der Waals surface area contributed by atoms with E-state index in [4.69, 9.17) is 0 Å². The van der Waals surface area contributed by atoms with Crippen molar-refractivity contribution in [2.24, 2.45) is 0 Å². The maximum Gasteiger partial charge on any atom is 0.253 e. The van der Waals surface area contributed by atoms with Crippen LogP contribution in [0.1, 0.15) is 23.7 Å². The number of hydrogen-bond acceptors (Lipinski definition) is 3. The molecule has 5 nitrogen and oxygen atoms in total. The molecule has 0 radical (unpaired) electrons. The van der Waals surface area contributed by atoms with Crippen LogP contribution in [0.3, 0.4) is 0 Å². The average molecular weight is 261 g/mol.